The van der Waals surface area contributed by atoms with Gasteiger partial charge in [0.2, 0.25) is 5.91 Å². The molecule has 0 bridgehead atoms. The molecule has 1 aromatic rings. The third kappa shape index (κ3) is 1.20. The first-order valence-corrected chi connectivity index (χ1v) is 4.04. The molecule has 0 atom stereocenters. The van der Waals surface area contributed by atoms with Crippen molar-refractivity contribution in [2.75, 3.05) is 23.8 Å². The summed E-state index contributed by atoms with van der Waals surface area (Å²) in [7, 11) is 1.82. The smallest absolute Gasteiger partial charge is 0.243 e. The lowest BCUT2D eigenvalue weighted by molar-refractivity contribution is -0.115. The molecule has 4 heteroatoms. The Morgan fingerprint density at radius 1 is 1.54 bits per heavy atom. The van der Waals surface area contributed by atoms with Gasteiger partial charge in [-0.3, -0.25) is 10.5 Å². The first-order chi connectivity index (χ1) is 6.18. The topological polar surface area (TPSA) is 56.1 Å². The van der Waals surface area contributed by atoms with Crippen molar-refractivity contribution >= 4 is 23.0 Å². The van der Waals surface area contributed by atoms with Gasteiger partial charge in [-0.05, 0) is 12.1 Å². The molecule has 0 unspecified atom stereocenters. The molecule has 1 aliphatic rings. The quantitative estimate of drug-likeness (QED) is 0.640. The summed E-state index contributed by atoms with van der Waals surface area (Å²) in [6.07, 6.45) is 0. The minimum absolute atomic E-state index is 0.0272. The number of anilines is 2. The predicted molar refractivity (Wildman–Crippen MR) is 51.1 cm³/mol. The highest BCUT2D eigenvalue weighted by Gasteiger charge is 2.20. The second-order valence-electron chi connectivity index (χ2n) is 3.11. The van der Waals surface area contributed by atoms with E-state index in [-0.39, 0.29) is 5.91 Å². The summed E-state index contributed by atoms with van der Waals surface area (Å²) in [6, 6.07) is 5.29. The van der Waals surface area contributed by atoms with Crippen molar-refractivity contribution in [3.63, 3.8) is 0 Å². The molecule has 1 radical (unpaired) electrons. The van der Waals surface area contributed by atoms with E-state index in [1.807, 2.05) is 7.05 Å². The molecule has 1 aliphatic heterocycles. The Kier molecular flexibility index (Phi) is 1.62. The average Bonchev–Trinajstić information content (AvgIpc) is 2.02. The second-order valence-corrected chi connectivity index (χ2v) is 3.11. The summed E-state index contributed by atoms with van der Waals surface area (Å²) in [5.41, 5.74) is 9.62. The maximum Gasteiger partial charge on any atom is 0.243 e. The highest BCUT2D eigenvalue weighted by atomic mass is 16.2. The molecule has 0 fully saturated rings. The summed E-state index contributed by atoms with van der Waals surface area (Å²) in [4.78, 5) is 12.9. The summed E-state index contributed by atoms with van der Waals surface area (Å²) >= 11 is 0. The molecule has 2 rings (SSSR count). The molecule has 0 saturated carbocycles. The van der Waals surface area contributed by atoms with Gasteiger partial charge in [0.25, 0.3) is 0 Å². The maximum absolute atomic E-state index is 11.1. The lowest BCUT2D eigenvalue weighted by atomic mass is 10.2. The van der Waals surface area contributed by atoms with Crippen molar-refractivity contribution in [1.29, 1.82) is 0 Å². The number of likely N-dealkylation sites (N-methyl/N-ethyl adjacent to an activating group) is 1. The van der Waals surface area contributed by atoms with Gasteiger partial charge in [0.15, 0.2) is 0 Å². The highest BCUT2D eigenvalue weighted by Crippen LogP contribution is 2.34. The van der Waals surface area contributed by atoms with E-state index < -0.39 is 0 Å². The van der Waals surface area contributed by atoms with E-state index in [0.717, 1.165) is 11.4 Å². The van der Waals surface area contributed by atoms with Crippen molar-refractivity contribution < 1.29 is 4.79 Å². The number of nitrogens with one attached hydrogen (secondary N) is 2. The van der Waals surface area contributed by atoms with Crippen LogP contribution in [0.15, 0.2) is 18.2 Å². The second kappa shape index (κ2) is 2.65. The van der Waals surface area contributed by atoms with E-state index >= 15 is 0 Å². The first-order valence-electron chi connectivity index (χ1n) is 4.04. The van der Waals surface area contributed by atoms with Gasteiger partial charge in [0.05, 0.1) is 23.6 Å². The van der Waals surface area contributed by atoms with Gasteiger partial charge in [-0.1, -0.05) is 6.07 Å². The number of amides is 1. The SMILES string of the molecule is CN1CC(=O)Nc2cccc([NH])c21. The van der Waals surface area contributed by atoms with E-state index in [1.165, 1.54) is 0 Å². The Morgan fingerprint density at radius 3 is 3.08 bits per heavy atom. The fraction of sp³-hybridized carbons (Fsp3) is 0.222. The molecular weight excluding hydrogens is 166 g/mol. The summed E-state index contributed by atoms with van der Waals surface area (Å²) in [5.74, 6) is -0.0272. The Morgan fingerprint density at radius 2 is 2.31 bits per heavy atom. The first kappa shape index (κ1) is 7.91. The van der Waals surface area contributed by atoms with E-state index in [9.17, 15) is 4.79 Å². The zero-order valence-electron chi connectivity index (χ0n) is 7.29. The van der Waals surface area contributed by atoms with E-state index in [1.54, 1.807) is 23.1 Å². The monoisotopic (exact) mass is 176 g/mol. The number of hydrogen-bond donors (Lipinski definition) is 1. The number of carbonyl (C=O) groups is 1. The maximum atomic E-state index is 11.1. The van der Waals surface area contributed by atoms with Crippen LogP contribution in [0.1, 0.15) is 0 Å². The Labute approximate surface area is 76.3 Å². The molecule has 2 N–H and O–H groups in total. The molecular formula is C9H10N3O. The van der Waals surface area contributed by atoms with Crippen molar-refractivity contribution in [2.24, 2.45) is 0 Å². The number of benzene rings is 1. The molecule has 13 heavy (non-hydrogen) atoms. The number of rotatable bonds is 0. The van der Waals surface area contributed by atoms with Crippen LogP contribution in [0, 0.1) is 0 Å². The number of nitrogens with zero attached hydrogens (tertiary/aromatic N) is 1. The molecule has 1 heterocycles. The van der Waals surface area contributed by atoms with Gasteiger partial charge in [0.1, 0.15) is 0 Å². The Hall–Kier alpha value is -1.71. The summed E-state index contributed by atoms with van der Waals surface area (Å²) in [5, 5.41) is 2.73. The number of carbonyl (C=O) groups excluding carboxylic acids is 1. The molecule has 0 aromatic heterocycles. The average molecular weight is 176 g/mol. The molecule has 1 amide bonds. The van der Waals surface area contributed by atoms with Crippen LogP contribution in [0.25, 0.3) is 0 Å². The van der Waals surface area contributed by atoms with Gasteiger partial charge < -0.3 is 10.2 Å². The fourth-order valence-electron chi connectivity index (χ4n) is 1.54. The molecule has 1 aromatic carbocycles. The number of hydrogen-bond acceptors (Lipinski definition) is 2. The Balaban J connectivity index is 2.55. The zero-order chi connectivity index (χ0) is 9.42. The molecule has 67 valence electrons. The lowest BCUT2D eigenvalue weighted by Crippen LogP contribution is -2.35. The van der Waals surface area contributed by atoms with Crippen molar-refractivity contribution in [2.45, 2.75) is 0 Å². The third-order valence-electron chi connectivity index (χ3n) is 2.07. The lowest BCUT2D eigenvalue weighted by Gasteiger charge is -2.27. The van der Waals surface area contributed by atoms with Crippen LogP contribution >= 0.6 is 0 Å². The zero-order valence-corrected chi connectivity index (χ0v) is 7.29. The molecule has 4 nitrogen and oxygen atoms in total. The van der Waals surface area contributed by atoms with Crippen molar-refractivity contribution in [1.82, 2.24) is 5.73 Å². The van der Waals surface area contributed by atoms with Crippen LogP contribution in [0.5, 0.6) is 0 Å². The normalized spacial score (nSPS) is 15.2. The van der Waals surface area contributed by atoms with E-state index in [2.05, 4.69) is 5.32 Å². The third-order valence-corrected chi connectivity index (χ3v) is 2.07. The van der Waals surface area contributed by atoms with Crippen molar-refractivity contribution in [3.05, 3.63) is 18.2 Å². The molecule has 0 aliphatic carbocycles. The number of fused-ring (bicyclic) bond motifs is 1. The highest BCUT2D eigenvalue weighted by molar-refractivity contribution is 6.03. The van der Waals surface area contributed by atoms with Gasteiger partial charge in [0, 0.05) is 7.05 Å². The molecule has 0 saturated heterocycles. The summed E-state index contributed by atoms with van der Waals surface area (Å²) < 4.78 is 0. The van der Waals surface area contributed by atoms with Gasteiger partial charge >= 0.3 is 0 Å². The van der Waals surface area contributed by atoms with Crippen LogP contribution in [-0.4, -0.2) is 19.5 Å². The van der Waals surface area contributed by atoms with E-state index in [0.29, 0.717) is 12.2 Å². The van der Waals surface area contributed by atoms with Crippen molar-refractivity contribution in [3.8, 4) is 0 Å². The van der Waals surface area contributed by atoms with Crippen LogP contribution in [0.2, 0.25) is 0 Å². The van der Waals surface area contributed by atoms with Crippen LogP contribution in [-0.2, 0) is 4.79 Å². The Bertz CT molecular complexity index is 362. The van der Waals surface area contributed by atoms with Crippen LogP contribution in [0.3, 0.4) is 0 Å². The summed E-state index contributed by atoms with van der Waals surface area (Å²) in [6.45, 7) is 0.322. The number of para-hydroxylation sites is 1. The minimum Gasteiger partial charge on any atom is -0.362 e. The minimum atomic E-state index is -0.0272. The fourth-order valence-corrected chi connectivity index (χ4v) is 1.54. The van der Waals surface area contributed by atoms with Crippen LogP contribution < -0.4 is 16.0 Å². The van der Waals surface area contributed by atoms with Gasteiger partial charge in [-0.15, -0.1) is 0 Å². The largest absolute Gasteiger partial charge is 0.362 e. The predicted octanol–water partition coefficient (Wildman–Crippen LogP) is 0.989. The van der Waals surface area contributed by atoms with E-state index in [4.69, 9.17) is 5.73 Å². The van der Waals surface area contributed by atoms with Gasteiger partial charge in [-0.25, -0.2) is 0 Å². The van der Waals surface area contributed by atoms with Crippen LogP contribution in [0.4, 0.5) is 17.1 Å². The van der Waals surface area contributed by atoms with Gasteiger partial charge in [-0.2, -0.15) is 0 Å². The standard InChI is InChI=1S/C9H10N3O/c1-12-5-8(13)11-7-4-2-3-6(10)9(7)12/h2-4,10H,5H2,1H3,(H,11,13). The molecule has 0 spiro atoms.